The number of aromatic nitrogens is 4. The number of carbonyl (C=O) groups excluding carboxylic acids is 1. The van der Waals surface area contributed by atoms with Crippen molar-refractivity contribution in [3.05, 3.63) is 35.1 Å². The molecule has 21 heavy (non-hydrogen) atoms. The van der Waals surface area contributed by atoms with Crippen LogP contribution in [0.25, 0.3) is 0 Å². The Balaban J connectivity index is 1.55. The maximum atomic E-state index is 11.9. The Hall–Kier alpha value is -1.96. The number of benzene rings is 1. The van der Waals surface area contributed by atoms with Crippen LogP contribution in [0, 0.1) is 0 Å². The molecule has 1 atom stereocenters. The summed E-state index contributed by atoms with van der Waals surface area (Å²) in [5, 5.41) is 13.7. The van der Waals surface area contributed by atoms with Crippen molar-refractivity contribution < 1.29 is 4.79 Å². The molecule has 1 amide bonds. The number of nitrogens with one attached hydrogen (secondary N) is 1. The van der Waals surface area contributed by atoms with E-state index < -0.39 is 0 Å². The van der Waals surface area contributed by atoms with Crippen LogP contribution in [-0.4, -0.2) is 45.2 Å². The molecule has 2 aromatic rings. The molecule has 3 rings (SSSR count). The number of carbonyl (C=O) groups is 1. The van der Waals surface area contributed by atoms with Gasteiger partial charge in [0, 0.05) is 23.6 Å². The van der Waals surface area contributed by atoms with Crippen molar-refractivity contribution in [1.82, 2.24) is 25.5 Å². The van der Waals surface area contributed by atoms with Crippen LogP contribution in [-0.2, 0) is 11.3 Å². The second kappa shape index (κ2) is 6.21. The van der Waals surface area contributed by atoms with Crippen molar-refractivity contribution >= 4 is 27.5 Å². The van der Waals surface area contributed by atoms with Crippen LogP contribution < -0.4 is 10.2 Å². The first-order valence-corrected chi connectivity index (χ1v) is 7.51. The zero-order valence-corrected chi connectivity index (χ0v) is 12.9. The molecule has 0 bridgehead atoms. The largest absolute Gasteiger partial charge is 0.368 e. The molecule has 1 aromatic carbocycles. The zero-order valence-electron chi connectivity index (χ0n) is 11.3. The number of tetrazole rings is 1. The van der Waals surface area contributed by atoms with Gasteiger partial charge in [-0.25, -0.2) is 4.68 Å². The molecule has 1 unspecified atom stereocenters. The van der Waals surface area contributed by atoms with Gasteiger partial charge in [0.1, 0.15) is 12.9 Å². The molecule has 7 nitrogen and oxygen atoms in total. The summed E-state index contributed by atoms with van der Waals surface area (Å²) in [6.07, 6.45) is 2.37. The first-order chi connectivity index (χ1) is 10.2. The summed E-state index contributed by atoms with van der Waals surface area (Å²) in [5.74, 6) is -0.0683. The summed E-state index contributed by atoms with van der Waals surface area (Å²) in [7, 11) is 0. The topological polar surface area (TPSA) is 75.9 Å². The third-order valence-electron chi connectivity index (χ3n) is 3.44. The summed E-state index contributed by atoms with van der Waals surface area (Å²) in [5.41, 5.74) is 1.16. The van der Waals surface area contributed by atoms with Gasteiger partial charge in [-0.05, 0) is 44.9 Å². The van der Waals surface area contributed by atoms with Gasteiger partial charge in [0.25, 0.3) is 0 Å². The van der Waals surface area contributed by atoms with Crippen LogP contribution in [0.1, 0.15) is 6.42 Å². The molecule has 1 aliphatic rings. The fraction of sp³-hybridized carbons (Fsp3) is 0.385. The van der Waals surface area contributed by atoms with Crippen molar-refractivity contribution in [1.29, 1.82) is 0 Å². The van der Waals surface area contributed by atoms with Gasteiger partial charge in [0.15, 0.2) is 0 Å². The molecule has 8 heteroatoms. The second-order valence-electron chi connectivity index (χ2n) is 4.96. The minimum absolute atomic E-state index is 0.0683. The van der Waals surface area contributed by atoms with Crippen LogP contribution in [0.15, 0.2) is 35.1 Å². The molecule has 1 N–H and O–H groups in total. The number of amides is 1. The smallest absolute Gasteiger partial charge is 0.242 e. The molecule has 1 aliphatic heterocycles. The van der Waals surface area contributed by atoms with Crippen LogP contribution in [0.5, 0.6) is 0 Å². The second-order valence-corrected chi connectivity index (χ2v) is 5.81. The number of hydrogen-bond acceptors (Lipinski definition) is 5. The minimum atomic E-state index is -0.0683. The summed E-state index contributed by atoms with van der Waals surface area (Å²) in [6, 6.07) is 8.27. The van der Waals surface area contributed by atoms with E-state index in [9.17, 15) is 4.79 Å². The number of hydrogen-bond donors (Lipinski definition) is 1. The highest BCUT2D eigenvalue weighted by molar-refractivity contribution is 9.10. The van der Waals surface area contributed by atoms with Gasteiger partial charge in [-0.15, -0.1) is 5.10 Å². The van der Waals surface area contributed by atoms with E-state index in [1.165, 1.54) is 11.0 Å². The molecule has 0 saturated carbocycles. The standard InChI is InChI=1S/C13H15BrN6O/c14-11-3-1-2-4-12(11)19-6-5-10(7-19)16-13(21)8-20-9-15-17-18-20/h1-4,9-10H,5-8H2,(H,16,21). The van der Waals surface area contributed by atoms with E-state index >= 15 is 0 Å². The molecule has 0 radical (unpaired) electrons. The Bertz CT molecular complexity index is 617. The number of rotatable bonds is 4. The van der Waals surface area contributed by atoms with Gasteiger partial charge in [-0.1, -0.05) is 12.1 Å². The maximum absolute atomic E-state index is 11.9. The highest BCUT2D eigenvalue weighted by atomic mass is 79.9. The van der Waals surface area contributed by atoms with Crippen LogP contribution in [0.4, 0.5) is 5.69 Å². The van der Waals surface area contributed by atoms with E-state index in [-0.39, 0.29) is 18.5 Å². The van der Waals surface area contributed by atoms with Gasteiger partial charge in [-0.3, -0.25) is 4.79 Å². The Morgan fingerprint density at radius 2 is 2.29 bits per heavy atom. The molecular formula is C13H15BrN6O. The van der Waals surface area contributed by atoms with Crippen molar-refractivity contribution in [2.75, 3.05) is 18.0 Å². The first-order valence-electron chi connectivity index (χ1n) is 6.72. The van der Waals surface area contributed by atoms with E-state index in [0.717, 1.165) is 29.7 Å². The lowest BCUT2D eigenvalue weighted by Gasteiger charge is -2.20. The first kappa shape index (κ1) is 14.0. The van der Waals surface area contributed by atoms with Gasteiger partial charge in [0.05, 0.1) is 5.69 Å². The summed E-state index contributed by atoms with van der Waals surface area (Å²) in [6.45, 7) is 1.89. The van der Waals surface area contributed by atoms with E-state index in [0.29, 0.717) is 0 Å². The van der Waals surface area contributed by atoms with E-state index in [4.69, 9.17) is 0 Å². The number of para-hydroxylation sites is 1. The maximum Gasteiger partial charge on any atom is 0.242 e. The van der Waals surface area contributed by atoms with Gasteiger partial charge in [0.2, 0.25) is 5.91 Å². The highest BCUT2D eigenvalue weighted by Gasteiger charge is 2.25. The van der Waals surface area contributed by atoms with Crippen molar-refractivity contribution in [2.45, 2.75) is 19.0 Å². The van der Waals surface area contributed by atoms with E-state index in [2.05, 4.69) is 47.7 Å². The summed E-state index contributed by atoms with van der Waals surface area (Å²) >= 11 is 3.56. The molecule has 0 aliphatic carbocycles. The normalized spacial score (nSPS) is 18.0. The van der Waals surface area contributed by atoms with Gasteiger partial charge < -0.3 is 10.2 Å². The quantitative estimate of drug-likeness (QED) is 0.883. The summed E-state index contributed by atoms with van der Waals surface area (Å²) in [4.78, 5) is 14.2. The minimum Gasteiger partial charge on any atom is -0.368 e. The Morgan fingerprint density at radius 1 is 1.43 bits per heavy atom. The lowest BCUT2D eigenvalue weighted by atomic mass is 10.2. The predicted molar refractivity (Wildman–Crippen MR) is 80.7 cm³/mol. The Morgan fingerprint density at radius 3 is 3.05 bits per heavy atom. The Labute approximate surface area is 130 Å². The average Bonchev–Trinajstić information content (AvgIpc) is 3.11. The van der Waals surface area contributed by atoms with Crippen LogP contribution in [0.2, 0.25) is 0 Å². The molecule has 0 spiro atoms. The summed E-state index contributed by atoms with van der Waals surface area (Å²) < 4.78 is 2.49. The zero-order chi connectivity index (χ0) is 14.7. The van der Waals surface area contributed by atoms with Gasteiger partial charge >= 0.3 is 0 Å². The van der Waals surface area contributed by atoms with Crippen LogP contribution in [0.3, 0.4) is 0 Å². The fourth-order valence-corrected chi connectivity index (χ4v) is 3.01. The lowest BCUT2D eigenvalue weighted by Crippen LogP contribution is -2.39. The lowest BCUT2D eigenvalue weighted by molar-refractivity contribution is -0.122. The average molecular weight is 351 g/mol. The SMILES string of the molecule is O=C(Cn1cnnn1)NC1CCN(c2ccccc2Br)C1. The van der Waals surface area contributed by atoms with Crippen LogP contribution >= 0.6 is 15.9 Å². The van der Waals surface area contributed by atoms with Crippen molar-refractivity contribution in [3.63, 3.8) is 0 Å². The van der Waals surface area contributed by atoms with E-state index in [1.807, 2.05) is 18.2 Å². The third kappa shape index (κ3) is 3.38. The predicted octanol–water partition coefficient (Wildman–Crippen LogP) is 0.831. The molecular weight excluding hydrogens is 336 g/mol. The fourth-order valence-electron chi connectivity index (χ4n) is 2.48. The Kier molecular flexibility index (Phi) is 4.14. The van der Waals surface area contributed by atoms with E-state index in [1.54, 1.807) is 0 Å². The molecule has 2 heterocycles. The van der Waals surface area contributed by atoms with Crippen molar-refractivity contribution in [2.24, 2.45) is 0 Å². The number of halogens is 1. The number of nitrogens with zero attached hydrogens (tertiary/aromatic N) is 5. The van der Waals surface area contributed by atoms with Gasteiger partial charge in [-0.2, -0.15) is 0 Å². The van der Waals surface area contributed by atoms with Crippen molar-refractivity contribution in [3.8, 4) is 0 Å². The molecule has 1 aromatic heterocycles. The highest BCUT2D eigenvalue weighted by Crippen LogP contribution is 2.28. The monoisotopic (exact) mass is 350 g/mol. The number of anilines is 1. The molecule has 1 fully saturated rings. The molecule has 110 valence electrons. The molecule has 1 saturated heterocycles. The third-order valence-corrected chi connectivity index (χ3v) is 4.11.